The van der Waals surface area contributed by atoms with Gasteiger partial charge >= 0.3 is 5.63 Å². The van der Waals surface area contributed by atoms with E-state index in [0.29, 0.717) is 5.39 Å². The average molecular weight is 448 g/mol. The molecule has 0 fully saturated rings. The fourth-order valence-corrected chi connectivity index (χ4v) is 4.74. The minimum atomic E-state index is -0.343. The number of hydrogen-bond donors (Lipinski definition) is 0. The van der Waals surface area contributed by atoms with E-state index in [-0.39, 0.29) is 11.2 Å². The van der Waals surface area contributed by atoms with Gasteiger partial charge in [-0.25, -0.2) is 9.48 Å². The van der Waals surface area contributed by atoms with Gasteiger partial charge in [0.1, 0.15) is 0 Å². The molecule has 33 heavy (non-hydrogen) atoms. The molecular formula is C27H33N3O3. The Morgan fingerprint density at radius 2 is 0.939 bits per heavy atom. The molecule has 0 unspecified atom stereocenters. The van der Waals surface area contributed by atoms with Crippen LogP contribution in [0.3, 0.4) is 0 Å². The van der Waals surface area contributed by atoms with Crippen molar-refractivity contribution in [1.82, 2.24) is 14.9 Å². The summed E-state index contributed by atoms with van der Waals surface area (Å²) >= 11 is 0. The Balaban J connectivity index is 0.000000186. The second-order valence-corrected chi connectivity index (χ2v) is 9.07. The minimum Gasteiger partial charge on any atom is -0.312 e. The summed E-state index contributed by atoms with van der Waals surface area (Å²) in [6, 6.07) is 0. The van der Waals surface area contributed by atoms with Gasteiger partial charge in [0.25, 0.3) is 5.56 Å². The van der Waals surface area contributed by atoms with Gasteiger partial charge in [0, 0.05) is 17.8 Å². The van der Waals surface area contributed by atoms with Crippen LogP contribution >= 0.6 is 0 Å². The van der Waals surface area contributed by atoms with E-state index < -0.39 is 0 Å². The highest BCUT2D eigenvalue weighted by Gasteiger charge is 2.16. The molecule has 6 nitrogen and oxygen atoms in total. The number of benzene rings is 2. The molecule has 0 spiro atoms. The maximum Gasteiger partial charge on any atom is 0.366 e. The van der Waals surface area contributed by atoms with Crippen LogP contribution in [0.2, 0.25) is 0 Å². The summed E-state index contributed by atoms with van der Waals surface area (Å²) in [6.45, 7) is 20.2. The molecule has 0 saturated heterocycles. The SMILES string of the molecule is Cc1c(C)c(C)c2c(=O)n(C)nc(C)c2c1C.Cc1c(C)c(C)c2c(=O)onc(C)c2c1C. The van der Waals surface area contributed by atoms with Crippen LogP contribution in [-0.2, 0) is 7.05 Å². The van der Waals surface area contributed by atoms with Crippen molar-refractivity contribution < 1.29 is 4.52 Å². The number of rotatable bonds is 0. The zero-order valence-electron chi connectivity index (χ0n) is 21.6. The molecule has 0 amide bonds. The first-order valence-corrected chi connectivity index (χ1v) is 11.1. The zero-order chi connectivity index (χ0) is 24.9. The van der Waals surface area contributed by atoms with Gasteiger partial charge in [-0.05, 0) is 114 Å². The molecule has 6 heteroatoms. The number of aromatic nitrogens is 3. The molecule has 174 valence electrons. The second kappa shape index (κ2) is 8.58. The second-order valence-electron chi connectivity index (χ2n) is 9.07. The predicted octanol–water partition coefficient (Wildman–Crippen LogP) is 5.21. The van der Waals surface area contributed by atoms with Crippen LogP contribution in [0.1, 0.15) is 55.9 Å². The van der Waals surface area contributed by atoms with Crippen molar-refractivity contribution in [1.29, 1.82) is 0 Å². The predicted molar refractivity (Wildman–Crippen MR) is 135 cm³/mol. The topological polar surface area (TPSA) is 78.0 Å². The molecule has 0 N–H and O–H groups in total. The van der Waals surface area contributed by atoms with Crippen LogP contribution < -0.4 is 11.2 Å². The smallest absolute Gasteiger partial charge is 0.312 e. The van der Waals surface area contributed by atoms with Crippen LogP contribution in [-0.4, -0.2) is 14.9 Å². The third-order valence-corrected chi connectivity index (χ3v) is 7.38. The van der Waals surface area contributed by atoms with Crippen molar-refractivity contribution in [2.24, 2.45) is 7.05 Å². The van der Waals surface area contributed by atoms with E-state index in [1.807, 2.05) is 41.5 Å². The lowest BCUT2D eigenvalue weighted by atomic mass is 9.92. The van der Waals surface area contributed by atoms with E-state index in [9.17, 15) is 9.59 Å². The quantitative estimate of drug-likeness (QED) is 0.370. The molecule has 0 aliphatic carbocycles. The van der Waals surface area contributed by atoms with Gasteiger partial charge in [-0.2, -0.15) is 5.10 Å². The Hall–Kier alpha value is -3.28. The summed E-state index contributed by atoms with van der Waals surface area (Å²) in [7, 11) is 1.71. The van der Waals surface area contributed by atoms with E-state index in [4.69, 9.17) is 4.52 Å². The van der Waals surface area contributed by atoms with E-state index in [0.717, 1.165) is 49.8 Å². The van der Waals surface area contributed by atoms with Gasteiger partial charge in [-0.3, -0.25) is 4.79 Å². The van der Waals surface area contributed by atoms with Crippen LogP contribution in [0.15, 0.2) is 14.1 Å². The van der Waals surface area contributed by atoms with Crippen molar-refractivity contribution in [2.75, 3.05) is 0 Å². The van der Waals surface area contributed by atoms with Gasteiger partial charge in [0.15, 0.2) is 0 Å². The van der Waals surface area contributed by atoms with Crippen LogP contribution in [0.5, 0.6) is 0 Å². The maximum absolute atomic E-state index is 12.2. The lowest BCUT2D eigenvalue weighted by Crippen LogP contribution is -2.22. The fraction of sp³-hybridized carbons (Fsp3) is 0.407. The van der Waals surface area contributed by atoms with Gasteiger partial charge in [-0.15, -0.1) is 0 Å². The van der Waals surface area contributed by atoms with E-state index in [1.165, 1.54) is 26.9 Å². The summed E-state index contributed by atoms with van der Waals surface area (Å²) in [5.41, 5.74) is 10.6. The third-order valence-electron chi connectivity index (χ3n) is 7.38. The highest BCUT2D eigenvalue weighted by Crippen LogP contribution is 2.29. The van der Waals surface area contributed by atoms with Crippen molar-refractivity contribution in [2.45, 2.75) is 69.2 Å². The number of fused-ring (bicyclic) bond motifs is 2. The number of nitrogens with zero attached hydrogens (tertiary/aromatic N) is 3. The summed E-state index contributed by atoms with van der Waals surface area (Å²) in [5.74, 6) is 0. The van der Waals surface area contributed by atoms with Crippen LogP contribution in [0.25, 0.3) is 21.5 Å². The van der Waals surface area contributed by atoms with Gasteiger partial charge < -0.3 is 4.52 Å². The summed E-state index contributed by atoms with van der Waals surface area (Å²) in [4.78, 5) is 24.0. The molecule has 2 aromatic heterocycles. The molecule has 0 aliphatic heterocycles. The first-order valence-electron chi connectivity index (χ1n) is 11.1. The minimum absolute atomic E-state index is 0.00528. The maximum atomic E-state index is 12.2. The molecule has 4 rings (SSSR count). The Kier molecular flexibility index (Phi) is 6.33. The molecule has 2 heterocycles. The van der Waals surface area contributed by atoms with Crippen molar-refractivity contribution >= 4 is 21.5 Å². The number of aryl methyl sites for hydroxylation is 7. The fourth-order valence-electron chi connectivity index (χ4n) is 4.74. The van der Waals surface area contributed by atoms with Gasteiger partial charge in [0.2, 0.25) is 0 Å². The largest absolute Gasteiger partial charge is 0.366 e. The van der Waals surface area contributed by atoms with Gasteiger partial charge in [-0.1, -0.05) is 5.16 Å². The summed E-state index contributed by atoms with van der Waals surface area (Å²) in [5, 5.41) is 11.5. The summed E-state index contributed by atoms with van der Waals surface area (Å²) < 4.78 is 6.23. The number of hydrogen-bond acceptors (Lipinski definition) is 5. The highest BCUT2D eigenvalue weighted by atomic mass is 16.5. The molecule has 0 atom stereocenters. The Bertz CT molecular complexity index is 1560. The van der Waals surface area contributed by atoms with Gasteiger partial charge in [0.05, 0.1) is 22.2 Å². The van der Waals surface area contributed by atoms with Crippen molar-refractivity contribution in [3.8, 4) is 0 Å². The molecule has 0 aliphatic rings. The first-order chi connectivity index (χ1) is 15.3. The highest BCUT2D eigenvalue weighted by molar-refractivity contribution is 5.92. The summed E-state index contributed by atoms with van der Waals surface area (Å²) in [6.07, 6.45) is 0. The lowest BCUT2D eigenvalue weighted by Gasteiger charge is -2.15. The zero-order valence-corrected chi connectivity index (χ0v) is 21.6. The Morgan fingerprint density at radius 1 is 0.545 bits per heavy atom. The third kappa shape index (κ3) is 3.77. The molecule has 4 aromatic rings. The molecule has 2 aromatic carbocycles. The molecule has 0 saturated carbocycles. The monoisotopic (exact) mass is 447 g/mol. The molecule has 0 radical (unpaired) electrons. The molecular weight excluding hydrogens is 414 g/mol. The first kappa shape index (κ1) is 24.4. The Labute approximate surface area is 194 Å². The van der Waals surface area contributed by atoms with E-state index in [2.05, 4.69) is 38.0 Å². The normalized spacial score (nSPS) is 11.1. The van der Waals surface area contributed by atoms with Crippen LogP contribution in [0, 0.1) is 69.2 Å². The van der Waals surface area contributed by atoms with Crippen LogP contribution in [0.4, 0.5) is 0 Å². The van der Waals surface area contributed by atoms with Crippen molar-refractivity contribution in [3.05, 3.63) is 76.7 Å². The standard InChI is InChI=1S/C14H18N2O.C13H15NO2/c1-7-8(2)10(4)13-12(9(7)3)11(5)15-16(6)14(13)17;1-6-7(2)9(4)12-11(8(6)3)10(5)14-16-13(12)15/h1-6H3;1-5H3. The lowest BCUT2D eigenvalue weighted by molar-refractivity contribution is 0.370. The molecule has 0 bridgehead atoms. The Morgan fingerprint density at radius 3 is 1.42 bits per heavy atom. The van der Waals surface area contributed by atoms with E-state index in [1.54, 1.807) is 7.05 Å². The van der Waals surface area contributed by atoms with Crippen molar-refractivity contribution in [3.63, 3.8) is 0 Å². The van der Waals surface area contributed by atoms with E-state index >= 15 is 0 Å². The average Bonchev–Trinajstić information content (AvgIpc) is 2.77.